The Morgan fingerprint density at radius 2 is 1.29 bits per heavy atom. The molecule has 4 heteroatoms. The summed E-state index contributed by atoms with van der Waals surface area (Å²) in [5.74, 6) is -1.31. The number of allylic oxidation sites excluding steroid dienone is 2. The fourth-order valence-electron chi connectivity index (χ4n) is 2.77. The molecule has 0 aromatic carbocycles. The lowest BCUT2D eigenvalue weighted by Crippen LogP contribution is -2.49. The van der Waals surface area contributed by atoms with Crippen LogP contribution in [0.25, 0.3) is 0 Å². The topological polar surface area (TPSA) is 86.2 Å². The molecule has 0 saturated heterocycles. The fraction of sp³-hybridized carbons (Fsp3) is 0.600. The van der Waals surface area contributed by atoms with E-state index in [0.29, 0.717) is 0 Å². The summed E-state index contributed by atoms with van der Waals surface area (Å²) >= 11 is 0. The first kappa shape index (κ1) is 9.24. The van der Waals surface area contributed by atoms with Crippen molar-refractivity contribution >= 4 is 11.8 Å². The van der Waals surface area contributed by atoms with Crippen LogP contribution in [0, 0.1) is 23.7 Å². The Morgan fingerprint density at radius 1 is 0.929 bits per heavy atom. The molecule has 0 aromatic heterocycles. The average Bonchev–Trinajstić information content (AvgIpc) is 2.17. The third kappa shape index (κ3) is 1.22. The van der Waals surface area contributed by atoms with E-state index in [0.717, 1.165) is 12.8 Å². The predicted molar refractivity (Wildman–Crippen MR) is 50.7 cm³/mol. The molecule has 0 aliphatic heterocycles. The molecule has 3 aliphatic rings. The minimum absolute atomic E-state index is 0.120. The van der Waals surface area contributed by atoms with Gasteiger partial charge >= 0.3 is 0 Å². The Labute approximate surface area is 82.3 Å². The Balaban J connectivity index is 2.33. The summed E-state index contributed by atoms with van der Waals surface area (Å²) in [6.45, 7) is 0. The van der Waals surface area contributed by atoms with Gasteiger partial charge in [0.2, 0.25) is 11.8 Å². The van der Waals surface area contributed by atoms with Gasteiger partial charge in [0, 0.05) is 0 Å². The number of rotatable bonds is 2. The van der Waals surface area contributed by atoms with Gasteiger partial charge in [-0.1, -0.05) is 12.2 Å². The second kappa shape index (κ2) is 3.12. The van der Waals surface area contributed by atoms with E-state index in [1.165, 1.54) is 0 Å². The first-order valence-corrected chi connectivity index (χ1v) is 4.88. The molecule has 0 spiro atoms. The van der Waals surface area contributed by atoms with E-state index in [2.05, 4.69) is 0 Å². The zero-order chi connectivity index (χ0) is 10.3. The standard InChI is InChI=1S/C10H14N2O2/c11-9(13)7-5-1-2-6(4-3-5)8(7)10(12)14/h1-2,5-8H,3-4H2,(H2,11,13)(H2,12,14). The molecule has 4 nitrogen and oxygen atoms in total. The third-order valence-electron chi connectivity index (χ3n) is 3.41. The van der Waals surface area contributed by atoms with E-state index < -0.39 is 11.8 Å². The van der Waals surface area contributed by atoms with Crippen molar-refractivity contribution < 1.29 is 9.59 Å². The Kier molecular flexibility index (Phi) is 2.06. The highest BCUT2D eigenvalue weighted by atomic mass is 16.2. The van der Waals surface area contributed by atoms with Crippen LogP contribution >= 0.6 is 0 Å². The molecular weight excluding hydrogens is 180 g/mol. The largest absolute Gasteiger partial charge is 0.369 e. The van der Waals surface area contributed by atoms with Crippen molar-refractivity contribution in [2.45, 2.75) is 12.8 Å². The van der Waals surface area contributed by atoms with Crippen molar-refractivity contribution in [2.24, 2.45) is 35.1 Å². The van der Waals surface area contributed by atoms with Crippen LogP contribution < -0.4 is 11.5 Å². The Hall–Kier alpha value is -1.32. The number of hydrogen-bond donors (Lipinski definition) is 2. The molecule has 1 fully saturated rings. The zero-order valence-electron chi connectivity index (χ0n) is 7.85. The van der Waals surface area contributed by atoms with Gasteiger partial charge in [0.25, 0.3) is 0 Å². The van der Waals surface area contributed by atoms with Crippen molar-refractivity contribution in [3.8, 4) is 0 Å². The SMILES string of the molecule is NC(=O)C1C2C=CC(CC2)C1C(N)=O. The number of primary amides is 2. The van der Waals surface area contributed by atoms with Gasteiger partial charge in [0.15, 0.2) is 0 Å². The normalized spacial score (nSPS) is 39.7. The van der Waals surface area contributed by atoms with Crippen molar-refractivity contribution in [2.75, 3.05) is 0 Å². The zero-order valence-corrected chi connectivity index (χ0v) is 7.85. The average molecular weight is 194 g/mol. The maximum Gasteiger partial charge on any atom is 0.221 e. The lowest BCUT2D eigenvalue weighted by atomic mass is 9.62. The number of amides is 2. The quantitative estimate of drug-likeness (QED) is 0.596. The molecule has 4 N–H and O–H groups in total. The van der Waals surface area contributed by atoms with E-state index in [-0.39, 0.29) is 23.7 Å². The van der Waals surface area contributed by atoms with Gasteiger partial charge in [-0.25, -0.2) is 0 Å². The maximum absolute atomic E-state index is 11.2. The van der Waals surface area contributed by atoms with Gasteiger partial charge in [-0.05, 0) is 24.7 Å². The minimum Gasteiger partial charge on any atom is -0.369 e. The number of carbonyl (C=O) groups is 2. The summed E-state index contributed by atoms with van der Waals surface area (Å²) in [5.41, 5.74) is 10.6. The van der Waals surface area contributed by atoms with Crippen molar-refractivity contribution in [3.05, 3.63) is 12.2 Å². The van der Waals surface area contributed by atoms with E-state index >= 15 is 0 Å². The smallest absolute Gasteiger partial charge is 0.221 e. The lowest BCUT2D eigenvalue weighted by molar-refractivity contribution is -0.136. The molecule has 0 aromatic rings. The molecule has 2 amide bonds. The summed E-state index contributed by atoms with van der Waals surface area (Å²) in [5, 5.41) is 0. The molecule has 76 valence electrons. The lowest BCUT2D eigenvalue weighted by Gasteiger charge is -2.41. The maximum atomic E-state index is 11.2. The molecule has 0 radical (unpaired) electrons. The summed E-state index contributed by atoms with van der Waals surface area (Å²) < 4.78 is 0. The molecule has 4 unspecified atom stereocenters. The van der Waals surface area contributed by atoms with Crippen molar-refractivity contribution in [3.63, 3.8) is 0 Å². The van der Waals surface area contributed by atoms with Crippen LogP contribution in [0.4, 0.5) is 0 Å². The van der Waals surface area contributed by atoms with E-state index in [1.807, 2.05) is 12.2 Å². The highest BCUT2D eigenvalue weighted by Gasteiger charge is 2.46. The van der Waals surface area contributed by atoms with Crippen molar-refractivity contribution in [1.29, 1.82) is 0 Å². The molecular formula is C10H14N2O2. The van der Waals surface area contributed by atoms with Gasteiger partial charge in [-0.15, -0.1) is 0 Å². The second-order valence-electron chi connectivity index (χ2n) is 4.15. The van der Waals surface area contributed by atoms with Crippen LogP contribution in [-0.2, 0) is 9.59 Å². The van der Waals surface area contributed by atoms with Crippen molar-refractivity contribution in [1.82, 2.24) is 0 Å². The highest BCUT2D eigenvalue weighted by molar-refractivity contribution is 5.87. The third-order valence-corrected chi connectivity index (χ3v) is 3.41. The summed E-state index contributed by atoms with van der Waals surface area (Å²) in [6, 6.07) is 0. The number of hydrogen-bond acceptors (Lipinski definition) is 2. The monoisotopic (exact) mass is 194 g/mol. The van der Waals surface area contributed by atoms with Crippen LogP contribution in [-0.4, -0.2) is 11.8 Å². The number of carbonyl (C=O) groups excluding carboxylic acids is 2. The second-order valence-corrected chi connectivity index (χ2v) is 4.15. The van der Waals surface area contributed by atoms with Gasteiger partial charge in [-0.3, -0.25) is 9.59 Å². The summed E-state index contributed by atoms with van der Waals surface area (Å²) in [4.78, 5) is 22.5. The molecule has 4 atom stereocenters. The van der Waals surface area contributed by atoms with Gasteiger partial charge in [-0.2, -0.15) is 0 Å². The first-order chi connectivity index (χ1) is 6.61. The van der Waals surface area contributed by atoms with Crippen LogP contribution in [0.2, 0.25) is 0 Å². The highest BCUT2D eigenvalue weighted by Crippen LogP contribution is 2.44. The Bertz CT molecular complexity index is 281. The predicted octanol–water partition coefficient (Wildman–Crippen LogP) is -0.215. The summed E-state index contributed by atoms with van der Waals surface area (Å²) in [6.07, 6.45) is 5.89. The van der Waals surface area contributed by atoms with Crippen LogP contribution in [0.1, 0.15) is 12.8 Å². The fourth-order valence-corrected chi connectivity index (χ4v) is 2.77. The van der Waals surface area contributed by atoms with E-state index in [9.17, 15) is 9.59 Å². The minimum atomic E-state index is -0.396. The molecule has 1 saturated carbocycles. The molecule has 14 heavy (non-hydrogen) atoms. The molecule has 3 rings (SSSR count). The van der Waals surface area contributed by atoms with Gasteiger partial charge in [0.05, 0.1) is 11.8 Å². The van der Waals surface area contributed by atoms with Gasteiger partial charge in [0.1, 0.15) is 0 Å². The number of nitrogens with two attached hydrogens (primary N) is 2. The molecule has 3 aliphatic carbocycles. The van der Waals surface area contributed by atoms with Crippen LogP contribution in [0.3, 0.4) is 0 Å². The Morgan fingerprint density at radius 3 is 1.50 bits per heavy atom. The number of fused-ring (bicyclic) bond motifs is 2. The van der Waals surface area contributed by atoms with Crippen LogP contribution in [0.5, 0.6) is 0 Å². The van der Waals surface area contributed by atoms with Gasteiger partial charge < -0.3 is 11.5 Å². The summed E-state index contributed by atoms with van der Waals surface area (Å²) in [7, 11) is 0. The molecule has 2 bridgehead atoms. The van der Waals surface area contributed by atoms with Crippen LogP contribution in [0.15, 0.2) is 12.2 Å². The first-order valence-electron chi connectivity index (χ1n) is 4.88. The van der Waals surface area contributed by atoms with E-state index in [4.69, 9.17) is 11.5 Å². The van der Waals surface area contributed by atoms with E-state index in [1.54, 1.807) is 0 Å². The molecule has 0 heterocycles.